The van der Waals surface area contributed by atoms with Gasteiger partial charge in [0.05, 0.1) is 0 Å². The van der Waals surface area contributed by atoms with Crippen LogP contribution in [0, 0.1) is 0 Å². The van der Waals surface area contributed by atoms with Crippen LogP contribution in [-0.2, 0) is 33.4 Å². The molecule has 0 fully saturated rings. The van der Waals surface area contributed by atoms with E-state index in [1.54, 1.807) is 0 Å². The Kier molecular flexibility index (Phi) is 8.44. The fourth-order valence-electron chi connectivity index (χ4n) is 1.10. The largest absolute Gasteiger partial charge is 0.461 e. The van der Waals surface area contributed by atoms with Gasteiger partial charge in [-0.15, -0.1) is 0 Å². The fraction of sp³-hybridized carbons (Fsp3) is 0.467. The van der Waals surface area contributed by atoms with Crippen LogP contribution in [0.15, 0.2) is 24.3 Å². The standard InChI is InChI=1S/C15H20O7/c1-9(2)14(18)21-8-12(22-15(19)10(3)4)7-20-13(17)6-11(5)16/h12H,1,3,6-8H2,2,4-5H3. The van der Waals surface area contributed by atoms with Gasteiger partial charge >= 0.3 is 17.9 Å². The van der Waals surface area contributed by atoms with Crippen molar-refractivity contribution in [1.82, 2.24) is 0 Å². The molecule has 1 unspecified atom stereocenters. The van der Waals surface area contributed by atoms with Crippen LogP contribution in [0.4, 0.5) is 0 Å². The Balaban J connectivity index is 4.57. The first-order valence-electron chi connectivity index (χ1n) is 6.47. The third-order valence-electron chi connectivity index (χ3n) is 2.19. The second-order valence-electron chi connectivity index (χ2n) is 4.75. The Morgan fingerprint density at radius 2 is 1.36 bits per heavy atom. The van der Waals surface area contributed by atoms with Crippen molar-refractivity contribution in [1.29, 1.82) is 0 Å². The summed E-state index contributed by atoms with van der Waals surface area (Å²) in [7, 11) is 0. The van der Waals surface area contributed by atoms with E-state index in [2.05, 4.69) is 13.2 Å². The van der Waals surface area contributed by atoms with E-state index < -0.39 is 24.0 Å². The number of esters is 3. The van der Waals surface area contributed by atoms with Crippen molar-refractivity contribution in [2.24, 2.45) is 0 Å². The molecule has 0 aliphatic carbocycles. The quantitative estimate of drug-likeness (QED) is 0.272. The van der Waals surface area contributed by atoms with Crippen molar-refractivity contribution in [3.05, 3.63) is 24.3 Å². The smallest absolute Gasteiger partial charge is 0.333 e. The summed E-state index contributed by atoms with van der Waals surface area (Å²) in [5, 5.41) is 0. The van der Waals surface area contributed by atoms with Gasteiger partial charge in [0.2, 0.25) is 0 Å². The van der Waals surface area contributed by atoms with Crippen molar-refractivity contribution >= 4 is 23.7 Å². The van der Waals surface area contributed by atoms with E-state index in [9.17, 15) is 19.2 Å². The van der Waals surface area contributed by atoms with Crippen molar-refractivity contribution < 1.29 is 33.4 Å². The third kappa shape index (κ3) is 8.68. The van der Waals surface area contributed by atoms with Crippen LogP contribution < -0.4 is 0 Å². The summed E-state index contributed by atoms with van der Waals surface area (Å²) in [5.41, 5.74) is 0.324. The maximum Gasteiger partial charge on any atom is 0.333 e. The minimum atomic E-state index is -0.997. The molecule has 0 spiro atoms. The molecular formula is C15H20O7. The monoisotopic (exact) mass is 312 g/mol. The zero-order chi connectivity index (χ0) is 17.3. The lowest BCUT2D eigenvalue weighted by atomic mass is 10.3. The molecule has 0 saturated heterocycles. The molecule has 0 aromatic rings. The van der Waals surface area contributed by atoms with Crippen LogP contribution in [0.1, 0.15) is 27.2 Å². The van der Waals surface area contributed by atoms with Gasteiger partial charge in [-0.1, -0.05) is 13.2 Å². The number of ketones is 1. The lowest BCUT2D eigenvalue weighted by Crippen LogP contribution is -2.31. The van der Waals surface area contributed by atoms with Gasteiger partial charge in [-0.25, -0.2) is 9.59 Å². The number of carbonyl (C=O) groups is 4. The molecule has 0 heterocycles. The molecule has 0 bridgehead atoms. The number of Topliss-reactive ketones (excluding diaryl/α,β-unsaturated/α-hetero) is 1. The molecular weight excluding hydrogens is 292 g/mol. The van der Waals surface area contributed by atoms with Crippen molar-refractivity contribution in [3.63, 3.8) is 0 Å². The van der Waals surface area contributed by atoms with Crippen LogP contribution in [0.25, 0.3) is 0 Å². The molecule has 0 aliphatic heterocycles. The molecule has 22 heavy (non-hydrogen) atoms. The highest BCUT2D eigenvalue weighted by atomic mass is 16.6. The fourth-order valence-corrected chi connectivity index (χ4v) is 1.10. The molecule has 0 aliphatic rings. The summed E-state index contributed by atoms with van der Waals surface area (Å²) in [6, 6.07) is 0. The number of rotatable bonds is 9. The lowest BCUT2D eigenvalue weighted by Gasteiger charge is -2.18. The summed E-state index contributed by atoms with van der Waals surface area (Å²) in [6.45, 7) is 10.3. The molecule has 0 N–H and O–H groups in total. The summed E-state index contributed by atoms with van der Waals surface area (Å²) < 4.78 is 14.7. The Labute approximate surface area is 128 Å². The summed E-state index contributed by atoms with van der Waals surface area (Å²) in [4.78, 5) is 44.9. The van der Waals surface area contributed by atoms with Gasteiger partial charge in [-0.3, -0.25) is 9.59 Å². The SMILES string of the molecule is C=C(C)C(=O)OCC(COC(=O)CC(C)=O)OC(=O)C(=C)C. The number of hydrogen-bond acceptors (Lipinski definition) is 7. The minimum absolute atomic E-state index is 0.145. The molecule has 0 amide bonds. The summed E-state index contributed by atoms with van der Waals surface area (Å²) in [6.07, 6.45) is -1.38. The van der Waals surface area contributed by atoms with Crippen molar-refractivity contribution in [2.75, 3.05) is 13.2 Å². The molecule has 0 rings (SSSR count). The molecule has 1 atom stereocenters. The molecule has 0 saturated carbocycles. The van der Waals surface area contributed by atoms with Gasteiger partial charge in [0.15, 0.2) is 6.10 Å². The lowest BCUT2D eigenvalue weighted by molar-refractivity contribution is -0.163. The normalized spacial score (nSPS) is 11.0. The Morgan fingerprint density at radius 1 is 0.864 bits per heavy atom. The van der Waals surface area contributed by atoms with Gasteiger partial charge in [0.25, 0.3) is 0 Å². The van der Waals surface area contributed by atoms with Crippen LogP contribution in [0.2, 0.25) is 0 Å². The van der Waals surface area contributed by atoms with E-state index in [0.717, 1.165) is 0 Å². The topological polar surface area (TPSA) is 96.0 Å². The molecule has 122 valence electrons. The van der Waals surface area contributed by atoms with E-state index in [4.69, 9.17) is 14.2 Å². The van der Waals surface area contributed by atoms with Crippen molar-refractivity contribution in [3.8, 4) is 0 Å². The molecule has 0 aromatic heterocycles. The van der Waals surface area contributed by atoms with Gasteiger partial charge in [-0.2, -0.15) is 0 Å². The zero-order valence-corrected chi connectivity index (χ0v) is 13.0. The van der Waals surface area contributed by atoms with E-state index >= 15 is 0 Å². The van der Waals surface area contributed by atoms with Crippen molar-refractivity contribution in [2.45, 2.75) is 33.3 Å². The highest BCUT2D eigenvalue weighted by Crippen LogP contribution is 2.04. The van der Waals surface area contributed by atoms with E-state index in [-0.39, 0.29) is 36.6 Å². The van der Waals surface area contributed by atoms with Crippen LogP contribution in [0.5, 0.6) is 0 Å². The maximum atomic E-state index is 11.5. The zero-order valence-electron chi connectivity index (χ0n) is 13.0. The number of carbonyl (C=O) groups excluding carboxylic acids is 4. The molecule has 7 nitrogen and oxygen atoms in total. The van der Waals surface area contributed by atoms with E-state index in [1.807, 2.05) is 0 Å². The van der Waals surface area contributed by atoms with Crippen LogP contribution in [0.3, 0.4) is 0 Å². The first-order chi connectivity index (χ1) is 10.1. The van der Waals surface area contributed by atoms with Gasteiger partial charge in [0, 0.05) is 11.1 Å². The second kappa shape index (κ2) is 9.49. The summed E-state index contributed by atoms with van der Waals surface area (Å²) in [5.74, 6) is -2.48. The van der Waals surface area contributed by atoms with Gasteiger partial charge in [0.1, 0.15) is 25.4 Å². The van der Waals surface area contributed by atoms with E-state index in [1.165, 1.54) is 20.8 Å². The first kappa shape index (κ1) is 19.6. The van der Waals surface area contributed by atoms with Gasteiger partial charge < -0.3 is 14.2 Å². The predicted octanol–water partition coefficient (Wildman–Crippen LogP) is 1.12. The molecule has 0 aromatic carbocycles. The van der Waals surface area contributed by atoms with Crippen LogP contribution >= 0.6 is 0 Å². The molecule has 0 radical (unpaired) electrons. The third-order valence-corrected chi connectivity index (χ3v) is 2.19. The highest BCUT2D eigenvalue weighted by Gasteiger charge is 2.20. The summed E-state index contributed by atoms with van der Waals surface area (Å²) >= 11 is 0. The number of hydrogen-bond donors (Lipinski definition) is 0. The number of ether oxygens (including phenoxy) is 3. The van der Waals surface area contributed by atoms with E-state index in [0.29, 0.717) is 0 Å². The van der Waals surface area contributed by atoms with Crippen LogP contribution in [-0.4, -0.2) is 43.0 Å². The minimum Gasteiger partial charge on any atom is -0.461 e. The van der Waals surface area contributed by atoms with Gasteiger partial charge in [-0.05, 0) is 20.8 Å². The predicted molar refractivity (Wildman–Crippen MR) is 76.7 cm³/mol. The Morgan fingerprint density at radius 3 is 1.82 bits per heavy atom. The second-order valence-corrected chi connectivity index (χ2v) is 4.75. The maximum absolute atomic E-state index is 11.5. The first-order valence-corrected chi connectivity index (χ1v) is 6.47. The Hall–Kier alpha value is -2.44. The molecule has 7 heteroatoms. The average Bonchev–Trinajstić information content (AvgIpc) is 2.39. The average molecular weight is 312 g/mol. The Bertz CT molecular complexity index is 490. The highest BCUT2D eigenvalue weighted by molar-refractivity contribution is 5.94.